The van der Waals surface area contributed by atoms with Gasteiger partial charge in [0.25, 0.3) is 5.69 Å². The Hall–Kier alpha value is -1.61. The maximum absolute atomic E-state index is 11.3. The van der Waals surface area contributed by atoms with Gasteiger partial charge in [-0.2, -0.15) is 0 Å². The average Bonchev–Trinajstić information content (AvgIpc) is 2.56. The second kappa shape index (κ2) is 10.2. The Morgan fingerprint density at radius 1 is 1.22 bits per heavy atom. The van der Waals surface area contributed by atoms with Crippen LogP contribution in [0.1, 0.15) is 11.7 Å². The summed E-state index contributed by atoms with van der Waals surface area (Å²) in [5, 5.41) is 20.8. The van der Waals surface area contributed by atoms with Crippen molar-refractivity contribution in [2.45, 2.75) is 6.10 Å². The fraction of sp³-hybridized carbons (Fsp3) is 0.571. The lowest BCUT2D eigenvalue weighted by Crippen LogP contribution is -2.15. The SMILES string of the molecule is COc1cc(C(CO)OCCOCCCl)c([N+](=O)[O-])cc1OC. The number of alkyl halides is 1. The molecule has 1 N–H and O–H groups in total. The number of ether oxygens (including phenoxy) is 4. The third-order valence-electron chi connectivity index (χ3n) is 3.01. The monoisotopic (exact) mass is 349 g/mol. The van der Waals surface area contributed by atoms with Gasteiger partial charge < -0.3 is 24.1 Å². The normalized spacial score (nSPS) is 12.0. The van der Waals surface area contributed by atoms with Gasteiger partial charge in [0, 0.05) is 5.88 Å². The molecule has 1 atom stereocenters. The Kier molecular flexibility index (Phi) is 8.64. The fourth-order valence-electron chi connectivity index (χ4n) is 1.95. The van der Waals surface area contributed by atoms with Crippen molar-refractivity contribution in [2.75, 3.05) is 46.5 Å². The van der Waals surface area contributed by atoms with Crippen molar-refractivity contribution in [2.24, 2.45) is 0 Å². The topological polar surface area (TPSA) is 100 Å². The molecule has 0 fully saturated rings. The van der Waals surface area contributed by atoms with E-state index in [0.717, 1.165) is 0 Å². The van der Waals surface area contributed by atoms with E-state index in [2.05, 4.69) is 0 Å². The Morgan fingerprint density at radius 2 is 1.87 bits per heavy atom. The molecule has 0 saturated carbocycles. The van der Waals surface area contributed by atoms with Crippen LogP contribution in [0.15, 0.2) is 12.1 Å². The number of aliphatic hydroxyl groups excluding tert-OH is 1. The standard InChI is InChI=1S/C14H20ClNO7/c1-20-12-7-10(11(16(18)19)8-13(12)21-2)14(9-17)23-6-5-22-4-3-15/h7-8,14,17H,3-6,9H2,1-2H3. The third kappa shape index (κ3) is 5.51. The Labute approximate surface area is 139 Å². The molecule has 130 valence electrons. The second-order valence-electron chi connectivity index (χ2n) is 4.37. The highest BCUT2D eigenvalue weighted by Gasteiger charge is 2.26. The van der Waals surface area contributed by atoms with E-state index < -0.39 is 17.6 Å². The van der Waals surface area contributed by atoms with Gasteiger partial charge in [-0.3, -0.25) is 10.1 Å². The molecule has 0 amide bonds. The predicted octanol–water partition coefficient (Wildman–Crippen LogP) is 1.92. The van der Waals surface area contributed by atoms with Crippen molar-refractivity contribution in [3.05, 3.63) is 27.8 Å². The van der Waals surface area contributed by atoms with Crippen molar-refractivity contribution in [1.82, 2.24) is 0 Å². The van der Waals surface area contributed by atoms with Gasteiger partial charge >= 0.3 is 0 Å². The zero-order valence-corrected chi connectivity index (χ0v) is 13.7. The van der Waals surface area contributed by atoms with Crippen LogP contribution in [0.2, 0.25) is 0 Å². The number of hydrogen-bond donors (Lipinski definition) is 1. The quantitative estimate of drug-likeness (QED) is 0.282. The van der Waals surface area contributed by atoms with E-state index in [-0.39, 0.29) is 30.2 Å². The third-order valence-corrected chi connectivity index (χ3v) is 3.16. The summed E-state index contributed by atoms with van der Waals surface area (Å²) >= 11 is 5.48. The second-order valence-corrected chi connectivity index (χ2v) is 4.74. The van der Waals surface area contributed by atoms with Crippen molar-refractivity contribution in [1.29, 1.82) is 0 Å². The predicted molar refractivity (Wildman–Crippen MR) is 83.5 cm³/mol. The zero-order valence-electron chi connectivity index (χ0n) is 13.0. The van der Waals surface area contributed by atoms with Gasteiger partial charge in [-0.15, -0.1) is 11.6 Å². The van der Waals surface area contributed by atoms with Gasteiger partial charge in [0.1, 0.15) is 6.10 Å². The summed E-state index contributed by atoms with van der Waals surface area (Å²) in [7, 11) is 2.80. The van der Waals surface area contributed by atoms with Crippen LogP contribution in [-0.2, 0) is 9.47 Å². The first-order chi connectivity index (χ1) is 11.1. The van der Waals surface area contributed by atoms with Crippen LogP contribution in [0.25, 0.3) is 0 Å². The smallest absolute Gasteiger partial charge is 0.279 e. The molecular weight excluding hydrogens is 330 g/mol. The number of rotatable bonds is 11. The highest BCUT2D eigenvalue weighted by molar-refractivity contribution is 6.17. The van der Waals surface area contributed by atoms with Crippen molar-refractivity contribution >= 4 is 17.3 Å². The summed E-state index contributed by atoms with van der Waals surface area (Å²) in [4.78, 5) is 10.7. The van der Waals surface area contributed by atoms with Gasteiger partial charge in [-0.05, 0) is 6.07 Å². The molecule has 1 rings (SSSR count). The summed E-state index contributed by atoms with van der Waals surface area (Å²) < 4.78 is 20.8. The average molecular weight is 350 g/mol. The highest BCUT2D eigenvalue weighted by Crippen LogP contribution is 2.38. The summed E-state index contributed by atoms with van der Waals surface area (Å²) in [6.45, 7) is 0.384. The van der Waals surface area contributed by atoms with Crippen molar-refractivity contribution < 1.29 is 29.0 Å². The number of nitro benzene ring substituents is 1. The number of halogens is 1. The molecule has 0 saturated heterocycles. The molecule has 1 aromatic carbocycles. The van der Waals surface area contributed by atoms with Gasteiger partial charge in [-0.1, -0.05) is 0 Å². The molecule has 23 heavy (non-hydrogen) atoms. The molecule has 0 bridgehead atoms. The van der Waals surface area contributed by atoms with Gasteiger partial charge in [0.2, 0.25) is 0 Å². The number of aliphatic hydroxyl groups is 1. The van der Waals surface area contributed by atoms with Crippen LogP contribution in [0.3, 0.4) is 0 Å². The molecule has 1 unspecified atom stereocenters. The maximum atomic E-state index is 11.3. The molecule has 0 aromatic heterocycles. The van der Waals surface area contributed by atoms with Crippen LogP contribution < -0.4 is 9.47 Å². The van der Waals surface area contributed by atoms with Crippen LogP contribution in [0.4, 0.5) is 5.69 Å². The highest BCUT2D eigenvalue weighted by atomic mass is 35.5. The van der Waals surface area contributed by atoms with E-state index in [1.54, 1.807) is 0 Å². The molecule has 0 radical (unpaired) electrons. The Morgan fingerprint density at radius 3 is 2.39 bits per heavy atom. The Bertz CT molecular complexity index is 512. The van der Waals surface area contributed by atoms with E-state index >= 15 is 0 Å². The minimum atomic E-state index is -0.880. The minimum Gasteiger partial charge on any atom is -0.493 e. The molecule has 9 heteroatoms. The van der Waals surface area contributed by atoms with Crippen LogP contribution in [0, 0.1) is 10.1 Å². The molecular formula is C14H20ClNO7. The summed E-state index contributed by atoms with van der Waals surface area (Å²) in [5.41, 5.74) is -0.0177. The van der Waals surface area contributed by atoms with E-state index in [1.165, 1.54) is 26.4 Å². The number of nitrogens with zero attached hydrogens (tertiary/aromatic N) is 1. The van der Waals surface area contributed by atoms with E-state index in [4.69, 9.17) is 30.5 Å². The zero-order chi connectivity index (χ0) is 17.2. The largest absolute Gasteiger partial charge is 0.493 e. The summed E-state index contributed by atoms with van der Waals surface area (Å²) in [6.07, 6.45) is -0.880. The van der Waals surface area contributed by atoms with Crippen molar-refractivity contribution in [3.8, 4) is 11.5 Å². The van der Waals surface area contributed by atoms with Gasteiger partial charge in [0.15, 0.2) is 11.5 Å². The fourth-order valence-corrected chi connectivity index (χ4v) is 2.06. The lowest BCUT2D eigenvalue weighted by Gasteiger charge is -2.18. The first-order valence-corrected chi connectivity index (χ1v) is 7.38. The number of hydrogen-bond acceptors (Lipinski definition) is 7. The van der Waals surface area contributed by atoms with E-state index in [0.29, 0.717) is 18.2 Å². The molecule has 0 aliphatic carbocycles. The summed E-state index contributed by atoms with van der Waals surface area (Å²) in [5.74, 6) is 0.906. The first kappa shape index (κ1) is 19.4. The van der Waals surface area contributed by atoms with Crippen molar-refractivity contribution in [3.63, 3.8) is 0 Å². The molecule has 8 nitrogen and oxygen atoms in total. The molecule has 0 aliphatic heterocycles. The Balaban J connectivity index is 2.98. The van der Waals surface area contributed by atoms with Gasteiger partial charge in [-0.25, -0.2) is 0 Å². The first-order valence-electron chi connectivity index (χ1n) is 6.85. The minimum absolute atomic E-state index is 0.160. The number of nitro groups is 1. The van der Waals surface area contributed by atoms with Gasteiger partial charge in [0.05, 0.1) is 57.2 Å². The molecule has 0 aliphatic rings. The van der Waals surface area contributed by atoms with Crippen LogP contribution >= 0.6 is 11.6 Å². The van der Waals surface area contributed by atoms with E-state index in [1.807, 2.05) is 0 Å². The molecule has 0 spiro atoms. The maximum Gasteiger partial charge on any atom is 0.279 e. The van der Waals surface area contributed by atoms with Crippen LogP contribution in [-0.4, -0.2) is 56.6 Å². The molecule has 1 aromatic rings. The van der Waals surface area contributed by atoms with E-state index in [9.17, 15) is 15.2 Å². The number of methoxy groups -OCH3 is 2. The number of benzene rings is 1. The molecule has 0 heterocycles. The lowest BCUT2D eigenvalue weighted by molar-refractivity contribution is -0.386. The van der Waals surface area contributed by atoms with Crippen LogP contribution in [0.5, 0.6) is 11.5 Å². The lowest BCUT2D eigenvalue weighted by atomic mass is 10.1. The summed E-state index contributed by atoms with van der Waals surface area (Å²) in [6, 6.07) is 2.67.